The van der Waals surface area contributed by atoms with Gasteiger partial charge in [-0.2, -0.15) is 0 Å². The first-order valence-corrected chi connectivity index (χ1v) is 11.6. The van der Waals surface area contributed by atoms with E-state index in [1.54, 1.807) is 48.5 Å². The average Bonchev–Trinajstić information content (AvgIpc) is 3.31. The van der Waals surface area contributed by atoms with Crippen LogP contribution in [0.15, 0.2) is 65.1 Å². The van der Waals surface area contributed by atoms with Gasteiger partial charge in [-0.1, -0.05) is 41.1 Å². The van der Waals surface area contributed by atoms with Gasteiger partial charge in [0.15, 0.2) is 11.5 Å². The Hall–Kier alpha value is -3.56. The van der Waals surface area contributed by atoms with E-state index in [0.717, 1.165) is 22.4 Å². The summed E-state index contributed by atoms with van der Waals surface area (Å²) in [6, 6.07) is 16.9. The largest absolute Gasteiger partial charge is 0.454 e. The quantitative estimate of drug-likeness (QED) is 0.464. The first kappa shape index (κ1) is 22.2. The van der Waals surface area contributed by atoms with Gasteiger partial charge in [-0.3, -0.25) is 9.69 Å². The normalized spacial score (nSPS) is 18.3. The fraction of sp³-hybridized carbons (Fsp3) is 0.200. The molecule has 0 radical (unpaired) electrons. The zero-order valence-electron chi connectivity index (χ0n) is 18.3. The average molecular weight is 524 g/mol. The number of urea groups is 1. The van der Waals surface area contributed by atoms with Crippen molar-refractivity contribution in [3.05, 3.63) is 81.8 Å². The van der Waals surface area contributed by atoms with Crippen molar-refractivity contribution in [1.82, 2.24) is 5.32 Å². The molecule has 0 saturated carbocycles. The summed E-state index contributed by atoms with van der Waals surface area (Å²) in [7, 11) is 0. The summed E-state index contributed by atoms with van der Waals surface area (Å²) in [6.45, 7) is 2.29. The number of fused-ring (bicyclic) bond motifs is 2. The molecule has 0 bridgehead atoms. The molecule has 0 fully saturated rings. The van der Waals surface area contributed by atoms with Crippen molar-refractivity contribution in [1.29, 1.82) is 0 Å². The second kappa shape index (κ2) is 8.66. The number of nitrogens with zero attached hydrogens (tertiary/aromatic N) is 1. The van der Waals surface area contributed by atoms with E-state index in [1.165, 1.54) is 0 Å². The van der Waals surface area contributed by atoms with Crippen LogP contribution in [0.3, 0.4) is 0 Å². The van der Waals surface area contributed by atoms with Gasteiger partial charge in [-0.05, 0) is 60.0 Å². The SMILES string of the molecule is CCc1ccc(N2C(=O)Nc3ccc(Br)cc3[C@@]2(O)C(=O)NCc2ccc3c(c2)OCO3)cc1. The van der Waals surface area contributed by atoms with E-state index in [4.69, 9.17) is 9.47 Å². The van der Waals surface area contributed by atoms with Crippen LogP contribution in [0.25, 0.3) is 0 Å². The van der Waals surface area contributed by atoms with E-state index >= 15 is 0 Å². The third kappa shape index (κ3) is 3.76. The van der Waals surface area contributed by atoms with Crippen molar-refractivity contribution < 1.29 is 24.2 Å². The van der Waals surface area contributed by atoms with E-state index in [1.807, 2.05) is 19.1 Å². The number of amides is 3. The van der Waals surface area contributed by atoms with Crippen LogP contribution in [0.2, 0.25) is 0 Å². The number of hydrogen-bond acceptors (Lipinski definition) is 5. The van der Waals surface area contributed by atoms with Gasteiger partial charge in [-0.25, -0.2) is 4.79 Å². The van der Waals surface area contributed by atoms with Gasteiger partial charge in [0.2, 0.25) is 6.79 Å². The Kier molecular flexibility index (Phi) is 5.66. The number of hydrogen-bond donors (Lipinski definition) is 3. The molecular weight excluding hydrogens is 502 g/mol. The molecule has 34 heavy (non-hydrogen) atoms. The molecule has 1 atom stereocenters. The molecule has 0 saturated heterocycles. The molecule has 0 aliphatic carbocycles. The van der Waals surface area contributed by atoms with Gasteiger partial charge in [0, 0.05) is 22.3 Å². The first-order valence-electron chi connectivity index (χ1n) is 10.8. The monoisotopic (exact) mass is 523 g/mol. The lowest BCUT2D eigenvalue weighted by Gasteiger charge is -2.42. The van der Waals surface area contributed by atoms with Crippen LogP contribution in [0.4, 0.5) is 16.2 Å². The summed E-state index contributed by atoms with van der Waals surface area (Å²) >= 11 is 3.41. The number of carbonyl (C=O) groups excluding carboxylic acids is 2. The summed E-state index contributed by atoms with van der Waals surface area (Å²) in [4.78, 5) is 27.8. The molecule has 8 nitrogen and oxygen atoms in total. The molecule has 5 rings (SSSR count). The summed E-state index contributed by atoms with van der Waals surface area (Å²) in [5.74, 6) is 0.492. The van der Waals surface area contributed by atoms with Gasteiger partial charge in [0.25, 0.3) is 11.6 Å². The number of rotatable bonds is 5. The second-order valence-corrected chi connectivity index (χ2v) is 8.93. The number of anilines is 2. The van der Waals surface area contributed by atoms with Gasteiger partial charge in [-0.15, -0.1) is 0 Å². The van der Waals surface area contributed by atoms with Crippen LogP contribution in [-0.2, 0) is 23.5 Å². The van der Waals surface area contributed by atoms with Crippen molar-refractivity contribution >= 4 is 39.2 Å². The third-order valence-electron chi connectivity index (χ3n) is 5.93. The van der Waals surface area contributed by atoms with Crippen molar-refractivity contribution in [3.8, 4) is 11.5 Å². The molecular formula is C25H22BrN3O5. The molecule has 2 aliphatic rings. The number of nitrogens with one attached hydrogen (secondary N) is 2. The van der Waals surface area contributed by atoms with Crippen LogP contribution in [0, 0.1) is 0 Å². The molecule has 3 aromatic rings. The van der Waals surface area contributed by atoms with Crippen molar-refractivity contribution in [2.45, 2.75) is 25.6 Å². The van der Waals surface area contributed by atoms with Gasteiger partial charge >= 0.3 is 6.03 Å². The topological polar surface area (TPSA) is 100 Å². The predicted octanol–water partition coefficient (Wildman–Crippen LogP) is 4.25. The Labute approximate surface area is 204 Å². The minimum absolute atomic E-state index is 0.116. The standard InChI is InChI=1S/C25H22BrN3O5/c1-2-15-3-7-18(8-4-15)29-24(31)28-20-9-6-17(26)12-19(20)25(29,32)23(30)27-13-16-5-10-21-22(11-16)34-14-33-21/h3-12,32H,2,13-14H2,1H3,(H,27,30)(H,28,31)/t25-/m1/s1. The maximum Gasteiger partial charge on any atom is 0.329 e. The first-order chi connectivity index (χ1) is 16.4. The molecule has 9 heteroatoms. The molecule has 2 aliphatic heterocycles. The maximum absolute atomic E-state index is 13.6. The van der Waals surface area contributed by atoms with Crippen LogP contribution in [0.1, 0.15) is 23.6 Å². The van der Waals surface area contributed by atoms with Gasteiger partial charge < -0.3 is 25.2 Å². The van der Waals surface area contributed by atoms with Crippen molar-refractivity contribution in [3.63, 3.8) is 0 Å². The van der Waals surface area contributed by atoms with Crippen LogP contribution in [-0.4, -0.2) is 23.8 Å². The van der Waals surface area contributed by atoms with Crippen LogP contribution in [0.5, 0.6) is 11.5 Å². The highest BCUT2D eigenvalue weighted by Crippen LogP contribution is 2.41. The van der Waals surface area contributed by atoms with Gasteiger partial charge in [0.1, 0.15) is 0 Å². The Morgan fingerprint density at radius 2 is 1.82 bits per heavy atom. The summed E-state index contributed by atoms with van der Waals surface area (Å²) < 4.78 is 11.4. The highest BCUT2D eigenvalue weighted by molar-refractivity contribution is 9.10. The minimum atomic E-state index is -2.29. The van der Waals surface area contributed by atoms with E-state index in [9.17, 15) is 14.7 Å². The molecule has 2 heterocycles. The van der Waals surface area contributed by atoms with E-state index in [0.29, 0.717) is 27.3 Å². The molecule has 3 N–H and O–H groups in total. The Bertz CT molecular complexity index is 1280. The zero-order valence-corrected chi connectivity index (χ0v) is 19.9. The number of aryl methyl sites for hydroxylation is 1. The number of ether oxygens (including phenoxy) is 2. The minimum Gasteiger partial charge on any atom is -0.454 e. The van der Waals surface area contributed by atoms with E-state index < -0.39 is 17.7 Å². The second-order valence-electron chi connectivity index (χ2n) is 8.02. The fourth-order valence-corrected chi connectivity index (χ4v) is 4.48. The highest BCUT2D eigenvalue weighted by atomic mass is 79.9. The van der Waals surface area contributed by atoms with E-state index in [2.05, 4.69) is 26.6 Å². The number of aliphatic hydroxyl groups is 1. The third-order valence-corrected chi connectivity index (χ3v) is 6.43. The molecule has 0 aromatic heterocycles. The number of carbonyl (C=O) groups is 2. The number of halogens is 1. The lowest BCUT2D eigenvalue weighted by Crippen LogP contribution is -2.62. The van der Waals surface area contributed by atoms with Crippen molar-refractivity contribution in [2.75, 3.05) is 17.0 Å². The zero-order chi connectivity index (χ0) is 23.9. The summed E-state index contributed by atoms with van der Waals surface area (Å²) in [5.41, 5.74) is 0.543. The smallest absolute Gasteiger partial charge is 0.329 e. The molecule has 0 spiro atoms. The molecule has 3 amide bonds. The highest BCUT2D eigenvalue weighted by Gasteiger charge is 2.52. The Morgan fingerprint density at radius 3 is 2.59 bits per heavy atom. The van der Waals surface area contributed by atoms with Crippen molar-refractivity contribution in [2.24, 2.45) is 0 Å². The lowest BCUT2D eigenvalue weighted by atomic mass is 9.94. The molecule has 3 aromatic carbocycles. The van der Waals surface area contributed by atoms with Crippen LogP contribution >= 0.6 is 15.9 Å². The number of benzene rings is 3. The van der Waals surface area contributed by atoms with Gasteiger partial charge in [0.05, 0.1) is 5.69 Å². The fourth-order valence-electron chi connectivity index (χ4n) is 4.12. The van der Waals surface area contributed by atoms with E-state index in [-0.39, 0.29) is 18.9 Å². The maximum atomic E-state index is 13.6. The summed E-state index contributed by atoms with van der Waals surface area (Å²) in [5, 5.41) is 17.5. The Morgan fingerprint density at radius 1 is 1.09 bits per heavy atom. The summed E-state index contributed by atoms with van der Waals surface area (Å²) in [6.07, 6.45) is 0.822. The molecule has 174 valence electrons. The predicted molar refractivity (Wildman–Crippen MR) is 130 cm³/mol. The lowest BCUT2D eigenvalue weighted by molar-refractivity contribution is -0.140. The molecule has 0 unspecified atom stereocenters. The Balaban J connectivity index is 1.52. The van der Waals surface area contributed by atoms with Crippen LogP contribution < -0.4 is 25.0 Å².